The molecule has 0 aliphatic carbocycles. The van der Waals surface area contributed by atoms with Crippen molar-refractivity contribution in [1.29, 1.82) is 0 Å². The Morgan fingerprint density at radius 2 is 2.00 bits per heavy atom. The van der Waals surface area contributed by atoms with Crippen LogP contribution >= 0.6 is 0 Å². The van der Waals surface area contributed by atoms with Crippen molar-refractivity contribution in [2.24, 2.45) is 5.73 Å². The first-order chi connectivity index (χ1) is 10.0. The van der Waals surface area contributed by atoms with E-state index in [1.165, 1.54) is 4.31 Å². The topological polar surface area (TPSA) is 81.9 Å². The van der Waals surface area contributed by atoms with Crippen LogP contribution < -0.4 is 10.5 Å². The van der Waals surface area contributed by atoms with Gasteiger partial charge in [0.1, 0.15) is 12.4 Å². The maximum absolute atomic E-state index is 12.4. The fourth-order valence-electron chi connectivity index (χ4n) is 2.19. The average molecular weight is 314 g/mol. The maximum Gasteiger partial charge on any atom is 0.243 e. The SMILES string of the molecule is CCOCCOc1ccc(S(=O)(=O)N2CC[C@@H](N)C2)cc1. The molecule has 1 aromatic carbocycles. The molecule has 0 saturated carbocycles. The molecule has 1 aliphatic heterocycles. The summed E-state index contributed by atoms with van der Waals surface area (Å²) in [4.78, 5) is 0.272. The molecule has 0 aromatic heterocycles. The van der Waals surface area contributed by atoms with Gasteiger partial charge < -0.3 is 15.2 Å². The first-order valence-corrected chi connectivity index (χ1v) is 8.54. The minimum absolute atomic E-state index is 0.0686. The highest BCUT2D eigenvalue weighted by Gasteiger charge is 2.30. The van der Waals surface area contributed by atoms with E-state index in [1.54, 1.807) is 24.3 Å². The quantitative estimate of drug-likeness (QED) is 0.754. The largest absolute Gasteiger partial charge is 0.491 e. The molecule has 1 saturated heterocycles. The summed E-state index contributed by atoms with van der Waals surface area (Å²) in [6.07, 6.45) is 0.706. The number of ether oxygens (including phenoxy) is 2. The first kappa shape index (κ1) is 16.2. The Kier molecular flexibility index (Phi) is 5.58. The minimum atomic E-state index is -3.44. The number of nitrogens with zero attached hydrogens (tertiary/aromatic N) is 1. The van der Waals surface area contributed by atoms with Gasteiger partial charge in [0.05, 0.1) is 11.5 Å². The summed E-state index contributed by atoms with van der Waals surface area (Å²) < 4.78 is 36.9. The van der Waals surface area contributed by atoms with E-state index in [-0.39, 0.29) is 10.9 Å². The summed E-state index contributed by atoms with van der Waals surface area (Å²) in [5.41, 5.74) is 5.77. The van der Waals surface area contributed by atoms with Crippen LogP contribution in [0.1, 0.15) is 13.3 Å². The van der Waals surface area contributed by atoms with Crippen molar-refractivity contribution in [3.8, 4) is 5.75 Å². The molecule has 118 valence electrons. The van der Waals surface area contributed by atoms with Gasteiger partial charge in [-0.3, -0.25) is 0 Å². The number of sulfonamides is 1. The Hall–Kier alpha value is -1.15. The van der Waals surface area contributed by atoms with Crippen LogP contribution in [0.15, 0.2) is 29.2 Å². The molecule has 2 rings (SSSR count). The Morgan fingerprint density at radius 3 is 2.57 bits per heavy atom. The zero-order valence-corrected chi connectivity index (χ0v) is 13.0. The fraction of sp³-hybridized carbons (Fsp3) is 0.571. The molecular weight excluding hydrogens is 292 g/mol. The average Bonchev–Trinajstić information content (AvgIpc) is 2.91. The zero-order valence-electron chi connectivity index (χ0n) is 12.2. The van der Waals surface area contributed by atoms with E-state index in [0.717, 1.165) is 0 Å². The van der Waals surface area contributed by atoms with E-state index in [9.17, 15) is 8.42 Å². The molecule has 0 amide bonds. The normalized spacial score (nSPS) is 19.8. The van der Waals surface area contributed by atoms with Crippen molar-refractivity contribution in [2.75, 3.05) is 32.9 Å². The first-order valence-electron chi connectivity index (χ1n) is 7.10. The summed E-state index contributed by atoms with van der Waals surface area (Å²) >= 11 is 0. The monoisotopic (exact) mass is 314 g/mol. The van der Waals surface area contributed by atoms with Gasteiger partial charge in [0.15, 0.2) is 0 Å². The lowest BCUT2D eigenvalue weighted by molar-refractivity contribution is 0.110. The van der Waals surface area contributed by atoms with Gasteiger partial charge in [-0.15, -0.1) is 0 Å². The molecule has 0 radical (unpaired) electrons. The molecule has 6 nitrogen and oxygen atoms in total. The Morgan fingerprint density at radius 1 is 1.29 bits per heavy atom. The summed E-state index contributed by atoms with van der Waals surface area (Å²) in [5, 5.41) is 0. The molecule has 1 heterocycles. The van der Waals surface area contributed by atoms with Crippen molar-refractivity contribution in [1.82, 2.24) is 4.31 Å². The van der Waals surface area contributed by atoms with Gasteiger partial charge in [-0.05, 0) is 37.6 Å². The summed E-state index contributed by atoms with van der Waals surface area (Å²) in [5.74, 6) is 0.631. The third-order valence-corrected chi connectivity index (χ3v) is 5.23. The van der Waals surface area contributed by atoms with E-state index >= 15 is 0 Å². The van der Waals surface area contributed by atoms with E-state index in [4.69, 9.17) is 15.2 Å². The summed E-state index contributed by atoms with van der Waals surface area (Å²) in [6.45, 7) is 4.40. The second kappa shape index (κ2) is 7.22. The van der Waals surface area contributed by atoms with Crippen molar-refractivity contribution < 1.29 is 17.9 Å². The van der Waals surface area contributed by atoms with Crippen LogP contribution in [0, 0.1) is 0 Å². The second-order valence-electron chi connectivity index (χ2n) is 4.93. The van der Waals surface area contributed by atoms with Gasteiger partial charge >= 0.3 is 0 Å². The molecule has 2 N–H and O–H groups in total. The van der Waals surface area contributed by atoms with Gasteiger partial charge in [-0.25, -0.2) is 8.42 Å². The Bertz CT molecular complexity index is 545. The second-order valence-corrected chi connectivity index (χ2v) is 6.87. The molecular formula is C14H22N2O4S. The van der Waals surface area contributed by atoms with Gasteiger partial charge in [0.2, 0.25) is 10.0 Å². The van der Waals surface area contributed by atoms with E-state index < -0.39 is 10.0 Å². The summed E-state index contributed by atoms with van der Waals surface area (Å²) in [7, 11) is -3.44. The smallest absolute Gasteiger partial charge is 0.243 e. The molecule has 1 atom stereocenters. The van der Waals surface area contributed by atoms with Gasteiger partial charge in [-0.2, -0.15) is 4.31 Å². The van der Waals surface area contributed by atoms with Crippen LogP contribution in [0.5, 0.6) is 5.75 Å². The van der Waals surface area contributed by atoms with Crippen LogP contribution in [0.3, 0.4) is 0 Å². The summed E-state index contributed by atoms with van der Waals surface area (Å²) in [6, 6.07) is 6.38. The molecule has 1 aliphatic rings. The zero-order chi connectivity index (χ0) is 15.3. The van der Waals surface area contributed by atoms with Crippen molar-refractivity contribution in [3.05, 3.63) is 24.3 Å². The van der Waals surface area contributed by atoms with Gasteiger partial charge in [0, 0.05) is 25.7 Å². The van der Waals surface area contributed by atoms with Crippen molar-refractivity contribution >= 4 is 10.0 Å². The number of hydrogen-bond donors (Lipinski definition) is 1. The molecule has 7 heteroatoms. The number of rotatable bonds is 7. The standard InChI is InChI=1S/C14H22N2O4S/c1-2-19-9-10-20-13-3-5-14(6-4-13)21(17,18)16-8-7-12(15)11-16/h3-6,12H,2,7-11,15H2,1H3/t12-/m1/s1. The van der Waals surface area contributed by atoms with Crippen LogP contribution in [-0.4, -0.2) is 51.7 Å². The molecule has 0 bridgehead atoms. The number of nitrogens with two attached hydrogens (primary N) is 1. The van der Waals surface area contributed by atoms with Crippen LogP contribution in [0.2, 0.25) is 0 Å². The van der Waals surface area contributed by atoms with E-state index in [2.05, 4.69) is 0 Å². The lowest BCUT2D eigenvalue weighted by Gasteiger charge is -2.16. The highest BCUT2D eigenvalue weighted by molar-refractivity contribution is 7.89. The number of benzene rings is 1. The van der Waals surface area contributed by atoms with E-state index in [0.29, 0.717) is 45.1 Å². The molecule has 0 unspecified atom stereocenters. The highest BCUT2D eigenvalue weighted by atomic mass is 32.2. The van der Waals surface area contributed by atoms with Crippen LogP contribution in [-0.2, 0) is 14.8 Å². The van der Waals surface area contributed by atoms with Crippen molar-refractivity contribution in [2.45, 2.75) is 24.3 Å². The van der Waals surface area contributed by atoms with E-state index in [1.807, 2.05) is 6.92 Å². The molecule has 21 heavy (non-hydrogen) atoms. The molecule has 1 aromatic rings. The molecule has 0 spiro atoms. The molecule has 1 fully saturated rings. The lowest BCUT2D eigenvalue weighted by Crippen LogP contribution is -2.31. The van der Waals surface area contributed by atoms with Crippen LogP contribution in [0.25, 0.3) is 0 Å². The van der Waals surface area contributed by atoms with Gasteiger partial charge in [-0.1, -0.05) is 0 Å². The third kappa shape index (κ3) is 4.16. The Balaban J connectivity index is 1.98. The minimum Gasteiger partial charge on any atom is -0.491 e. The predicted octanol–water partition coefficient (Wildman–Crippen LogP) is 0.824. The van der Waals surface area contributed by atoms with Crippen molar-refractivity contribution in [3.63, 3.8) is 0 Å². The third-order valence-electron chi connectivity index (χ3n) is 3.35. The number of hydrogen-bond acceptors (Lipinski definition) is 5. The highest BCUT2D eigenvalue weighted by Crippen LogP contribution is 2.22. The maximum atomic E-state index is 12.4. The lowest BCUT2D eigenvalue weighted by atomic mass is 10.3. The fourth-order valence-corrected chi connectivity index (χ4v) is 3.70. The Labute approximate surface area is 125 Å². The van der Waals surface area contributed by atoms with Crippen LogP contribution in [0.4, 0.5) is 0 Å². The van der Waals surface area contributed by atoms with Gasteiger partial charge in [0.25, 0.3) is 0 Å². The predicted molar refractivity (Wildman–Crippen MR) is 79.8 cm³/mol.